The molecule has 9 heteroatoms. The highest BCUT2D eigenvalue weighted by molar-refractivity contribution is 6.07. The first-order valence-corrected chi connectivity index (χ1v) is 11.5. The number of nitro benzene ring substituents is 1. The Morgan fingerprint density at radius 1 is 0.889 bits per heavy atom. The minimum Gasteiger partial charge on any atom is -0.462 e. The zero-order chi connectivity index (χ0) is 26.1. The Kier molecular flexibility index (Phi) is 9.24. The number of hydrogen-bond donors (Lipinski definition) is 0. The third-order valence-electron chi connectivity index (χ3n) is 5.52. The van der Waals surface area contributed by atoms with Gasteiger partial charge in [0.25, 0.3) is 5.69 Å². The van der Waals surface area contributed by atoms with Crippen molar-refractivity contribution < 1.29 is 28.7 Å². The topological polar surface area (TPSA) is 118 Å². The summed E-state index contributed by atoms with van der Waals surface area (Å²) < 4.78 is 15.8. The maximum Gasteiger partial charge on any atom is 0.340 e. The Morgan fingerprint density at radius 2 is 1.53 bits per heavy atom. The van der Waals surface area contributed by atoms with E-state index in [4.69, 9.17) is 14.2 Å². The monoisotopic (exact) mass is 492 g/mol. The van der Waals surface area contributed by atoms with Gasteiger partial charge in [-0.25, -0.2) is 9.59 Å². The molecule has 0 radical (unpaired) electrons. The quantitative estimate of drug-likeness (QED) is 0.161. The molecule has 1 aromatic heterocycles. The molecular formula is C27H28N2O7. The molecule has 0 atom stereocenters. The van der Waals surface area contributed by atoms with E-state index in [0.29, 0.717) is 23.4 Å². The van der Waals surface area contributed by atoms with Crippen LogP contribution >= 0.6 is 0 Å². The fourth-order valence-electron chi connectivity index (χ4n) is 3.86. The number of esters is 2. The summed E-state index contributed by atoms with van der Waals surface area (Å²) in [5.41, 5.74) is 2.24. The summed E-state index contributed by atoms with van der Waals surface area (Å²) in [6, 6.07) is 15.6. The Hall–Kier alpha value is -4.11. The van der Waals surface area contributed by atoms with E-state index in [1.165, 1.54) is 25.3 Å². The van der Waals surface area contributed by atoms with Gasteiger partial charge in [-0.15, -0.1) is 0 Å². The van der Waals surface area contributed by atoms with Crippen molar-refractivity contribution in [2.45, 2.75) is 26.7 Å². The van der Waals surface area contributed by atoms with Crippen LogP contribution in [0, 0.1) is 24.0 Å². The molecule has 0 unspecified atom stereocenters. The number of nitrogens with zero attached hydrogens (tertiary/aromatic N) is 2. The molecule has 0 saturated heterocycles. The molecule has 0 spiro atoms. The minimum atomic E-state index is -0.711. The molecule has 0 saturated carbocycles. The number of rotatable bonds is 11. The maximum atomic E-state index is 13.3. The Morgan fingerprint density at radius 3 is 2.14 bits per heavy atom. The number of aryl methyl sites for hydroxylation is 3. The average molecular weight is 493 g/mol. The van der Waals surface area contributed by atoms with Crippen LogP contribution in [-0.4, -0.2) is 48.8 Å². The van der Waals surface area contributed by atoms with Crippen LogP contribution in [0.1, 0.15) is 44.1 Å². The summed E-state index contributed by atoms with van der Waals surface area (Å²) in [7, 11) is 1.48. The van der Waals surface area contributed by atoms with Gasteiger partial charge in [-0.1, -0.05) is 42.5 Å². The van der Waals surface area contributed by atoms with Crippen LogP contribution < -0.4 is 0 Å². The van der Waals surface area contributed by atoms with Gasteiger partial charge in [0, 0.05) is 24.8 Å². The fourth-order valence-corrected chi connectivity index (χ4v) is 3.86. The van der Waals surface area contributed by atoms with E-state index in [9.17, 15) is 19.7 Å². The van der Waals surface area contributed by atoms with Crippen molar-refractivity contribution >= 4 is 17.6 Å². The van der Waals surface area contributed by atoms with Gasteiger partial charge >= 0.3 is 11.9 Å². The number of carbonyl (C=O) groups is 2. The SMILES string of the molecule is COCCOC(=O)c1c(C)nc(C)c(C(=O)OCCCc2ccccc2)c1-c1cccc([N+](=O)[O-])c1. The second-order valence-corrected chi connectivity index (χ2v) is 8.07. The van der Waals surface area contributed by atoms with E-state index in [1.807, 2.05) is 30.3 Å². The van der Waals surface area contributed by atoms with Crippen LogP contribution in [0.25, 0.3) is 11.1 Å². The van der Waals surface area contributed by atoms with E-state index in [0.717, 1.165) is 12.0 Å². The smallest absolute Gasteiger partial charge is 0.340 e. The van der Waals surface area contributed by atoms with Crippen molar-refractivity contribution in [3.63, 3.8) is 0 Å². The number of methoxy groups -OCH3 is 1. The van der Waals surface area contributed by atoms with Crippen LogP contribution in [0.5, 0.6) is 0 Å². The summed E-state index contributed by atoms with van der Waals surface area (Å²) in [5.74, 6) is -1.38. The normalized spacial score (nSPS) is 10.6. The van der Waals surface area contributed by atoms with Gasteiger partial charge in [0.05, 0.1) is 40.7 Å². The van der Waals surface area contributed by atoms with Gasteiger partial charge in [0.15, 0.2) is 0 Å². The molecule has 188 valence electrons. The molecule has 0 N–H and O–H groups in total. The Bertz CT molecular complexity index is 1240. The lowest BCUT2D eigenvalue weighted by Crippen LogP contribution is -2.19. The third kappa shape index (κ3) is 6.51. The number of nitro groups is 1. The predicted octanol–water partition coefficient (Wildman–Crippen LogP) is 4.87. The molecule has 9 nitrogen and oxygen atoms in total. The van der Waals surface area contributed by atoms with Crippen molar-refractivity contribution in [2.24, 2.45) is 0 Å². The molecule has 0 aliphatic carbocycles. The second kappa shape index (κ2) is 12.6. The average Bonchev–Trinajstić information content (AvgIpc) is 2.86. The molecule has 0 amide bonds. The van der Waals surface area contributed by atoms with Gasteiger partial charge in [-0.05, 0) is 37.8 Å². The molecule has 3 rings (SSSR count). The second-order valence-electron chi connectivity index (χ2n) is 8.07. The molecule has 0 fully saturated rings. The number of benzene rings is 2. The zero-order valence-corrected chi connectivity index (χ0v) is 20.5. The van der Waals surface area contributed by atoms with Crippen LogP contribution in [0.15, 0.2) is 54.6 Å². The molecule has 1 heterocycles. The summed E-state index contributed by atoms with van der Waals surface area (Å²) in [6.07, 6.45) is 1.33. The lowest BCUT2D eigenvalue weighted by atomic mass is 9.92. The summed E-state index contributed by atoms with van der Waals surface area (Å²) in [6.45, 7) is 3.59. The fraction of sp³-hybridized carbons (Fsp3) is 0.296. The maximum absolute atomic E-state index is 13.3. The number of carbonyl (C=O) groups excluding carboxylic acids is 2. The van der Waals surface area contributed by atoms with Crippen molar-refractivity contribution in [1.82, 2.24) is 4.98 Å². The molecule has 0 bridgehead atoms. The van der Waals surface area contributed by atoms with Crippen molar-refractivity contribution in [1.29, 1.82) is 0 Å². The lowest BCUT2D eigenvalue weighted by Gasteiger charge is -2.18. The summed E-state index contributed by atoms with van der Waals surface area (Å²) >= 11 is 0. The van der Waals surface area contributed by atoms with Gasteiger partial charge in [0.2, 0.25) is 0 Å². The zero-order valence-electron chi connectivity index (χ0n) is 20.5. The van der Waals surface area contributed by atoms with Crippen molar-refractivity contribution in [3.05, 3.63) is 92.8 Å². The third-order valence-corrected chi connectivity index (χ3v) is 5.52. The molecule has 2 aromatic carbocycles. The molecule has 0 aliphatic heterocycles. The minimum absolute atomic E-state index is 0.00368. The first kappa shape index (κ1) is 26.5. The summed E-state index contributed by atoms with van der Waals surface area (Å²) in [5, 5.41) is 11.4. The molecular weight excluding hydrogens is 464 g/mol. The van der Waals surface area contributed by atoms with E-state index in [-0.39, 0.29) is 42.2 Å². The van der Waals surface area contributed by atoms with Gasteiger partial charge in [-0.3, -0.25) is 15.1 Å². The number of non-ortho nitro benzene ring substituents is 1. The highest BCUT2D eigenvalue weighted by atomic mass is 16.6. The standard InChI is InChI=1S/C27H28N2O7/c1-18-23(26(30)35-14-8-11-20-9-5-4-6-10-20)25(21-12-7-13-22(17-21)29(32)33)24(19(2)28-18)27(31)36-16-15-34-3/h4-7,9-10,12-13,17H,8,11,14-16H2,1-3H3. The Balaban J connectivity index is 1.99. The highest BCUT2D eigenvalue weighted by Gasteiger charge is 2.28. The van der Waals surface area contributed by atoms with Crippen LogP contribution in [0.3, 0.4) is 0 Å². The summed E-state index contributed by atoms with van der Waals surface area (Å²) in [4.78, 5) is 41.6. The largest absolute Gasteiger partial charge is 0.462 e. The van der Waals surface area contributed by atoms with E-state index in [1.54, 1.807) is 19.9 Å². The number of aromatic nitrogens is 1. The predicted molar refractivity (Wildman–Crippen MR) is 133 cm³/mol. The van der Waals surface area contributed by atoms with Crippen LogP contribution in [-0.2, 0) is 20.6 Å². The number of hydrogen-bond acceptors (Lipinski definition) is 8. The first-order valence-electron chi connectivity index (χ1n) is 11.5. The number of pyridine rings is 1. The highest BCUT2D eigenvalue weighted by Crippen LogP contribution is 2.34. The van der Waals surface area contributed by atoms with Gasteiger partial charge < -0.3 is 14.2 Å². The number of ether oxygens (including phenoxy) is 3. The Labute approximate surface area is 209 Å². The first-order chi connectivity index (χ1) is 17.3. The molecule has 0 aliphatic rings. The van der Waals surface area contributed by atoms with Crippen LogP contribution in [0.2, 0.25) is 0 Å². The molecule has 3 aromatic rings. The van der Waals surface area contributed by atoms with Gasteiger partial charge in [0.1, 0.15) is 6.61 Å². The van der Waals surface area contributed by atoms with E-state index in [2.05, 4.69) is 4.98 Å². The van der Waals surface area contributed by atoms with Gasteiger partial charge in [-0.2, -0.15) is 0 Å². The van der Waals surface area contributed by atoms with E-state index >= 15 is 0 Å². The van der Waals surface area contributed by atoms with Crippen LogP contribution in [0.4, 0.5) is 5.69 Å². The lowest BCUT2D eigenvalue weighted by molar-refractivity contribution is -0.384. The molecule has 36 heavy (non-hydrogen) atoms. The van der Waals surface area contributed by atoms with E-state index < -0.39 is 16.9 Å². The van der Waals surface area contributed by atoms with Crippen molar-refractivity contribution in [3.8, 4) is 11.1 Å². The van der Waals surface area contributed by atoms with Crippen molar-refractivity contribution in [2.75, 3.05) is 26.9 Å².